The van der Waals surface area contributed by atoms with Crippen LogP contribution in [0, 0.1) is 10.1 Å². The average Bonchev–Trinajstić information content (AvgIpc) is 2.80. The number of carbonyl (C=O) groups is 1. The molecule has 2 aliphatic rings. The third kappa shape index (κ3) is 4.95. The molecule has 10 heteroatoms. The molecule has 0 spiro atoms. The zero-order valence-corrected chi connectivity index (χ0v) is 18.7. The molecule has 2 heterocycles. The summed E-state index contributed by atoms with van der Waals surface area (Å²) in [5.41, 5.74) is 2.24. The Morgan fingerprint density at radius 1 is 1.00 bits per heavy atom. The van der Waals surface area contributed by atoms with Crippen LogP contribution in [0.1, 0.15) is 10.4 Å². The predicted octanol–water partition coefficient (Wildman–Crippen LogP) is 3.09. The van der Waals surface area contributed by atoms with E-state index in [2.05, 4.69) is 22.2 Å². The third-order valence-electron chi connectivity index (χ3n) is 5.84. The second kappa shape index (κ2) is 9.72. The van der Waals surface area contributed by atoms with Crippen LogP contribution >= 0.6 is 11.6 Å². The number of nitro benzene ring substituents is 1. The van der Waals surface area contributed by atoms with Crippen molar-refractivity contribution < 1.29 is 14.5 Å². The van der Waals surface area contributed by atoms with E-state index >= 15 is 0 Å². The molecule has 4 rings (SSSR count). The summed E-state index contributed by atoms with van der Waals surface area (Å²) in [5.74, 6) is -0.418. The van der Waals surface area contributed by atoms with Crippen LogP contribution in [0.2, 0.25) is 5.02 Å². The first kappa shape index (κ1) is 22.3. The number of hydrogen-bond donors (Lipinski definition) is 1. The van der Waals surface area contributed by atoms with Gasteiger partial charge in [-0.1, -0.05) is 11.6 Å². The van der Waals surface area contributed by atoms with Gasteiger partial charge in [0.1, 0.15) is 0 Å². The molecule has 0 aliphatic carbocycles. The van der Waals surface area contributed by atoms with Crippen LogP contribution in [-0.4, -0.2) is 75.3 Å². The van der Waals surface area contributed by atoms with E-state index in [1.807, 2.05) is 17.0 Å². The zero-order chi connectivity index (χ0) is 22.7. The smallest absolute Gasteiger partial charge is 0.270 e. The first-order valence-corrected chi connectivity index (χ1v) is 11.0. The molecule has 0 atom stereocenters. The lowest BCUT2D eigenvalue weighted by atomic mass is 10.1. The van der Waals surface area contributed by atoms with Gasteiger partial charge >= 0.3 is 0 Å². The number of nitrogens with one attached hydrogen (secondary N) is 1. The highest BCUT2D eigenvalue weighted by Crippen LogP contribution is 2.31. The van der Waals surface area contributed by atoms with Gasteiger partial charge < -0.3 is 24.8 Å². The number of ether oxygens (including phenoxy) is 1. The fraction of sp³-hybridized carbons (Fsp3) is 0.409. The molecule has 0 radical (unpaired) electrons. The molecular weight excluding hydrogens is 434 g/mol. The second-order valence-corrected chi connectivity index (χ2v) is 8.38. The minimum absolute atomic E-state index is 0.129. The molecule has 2 aromatic rings. The molecule has 2 saturated heterocycles. The highest BCUT2D eigenvalue weighted by molar-refractivity contribution is 6.33. The molecule has 0 bridgehead atoms. The van der Waals surface area contributed by atoms with Crippen molar-refractivity contribution in [3.8, 4) is 0 Å². The fourth-order valence-electron chi connectivity index (χ4n) is 3.99. The monoisotopic (exact) mass is 459 g/mol. The van der Waals surface area contributed by atoms with Crippen molar-refractivity contribution in [1.82, 2.24) is 4.90 Å². The number of morpholine rings is 1. The lowest BCUT2D eigenvalue weighted by molar-refractivity contribution is -0.384. The Hall–Kier alpha value is -2.88. The summed E-state index contributed by atoms with van der Waals surface area (Å²) in [7, 11) is 2.09. The molecule has 0 aromatic heterocycles. The van der Waals surface area contributed by atoms with Crippen molar-refractivity contribution in [2.75, 3.05) is 74.6 Å². The topological polar surface area (TPSA) is 91.2 Å². The van der Waals surface area contributed by atoms with Gasteiger partial charge in [-0.25, -0.2) is 0 Å². The molecular formula is C22H26ClN5O4. The summed E-state index contributed by atoms with van der Waals surface area (Å²) in [4.78, 5) is 30.4. The van der Waals surface area contributed by atoms with Crippen molar-refractivity contribution in [3.05, 3.63) is 57.1 Å². The number of piperazine rings is 1. The Labute approximate surface area is 191 Å². The van der Waals surface area contributed by atoms with E-state index in [1.165, 1.54) is 12.1 Å². The van der Waals surface area contributed by atoms with E-state index in [4.69, 9.17) is 16.3 Å². The summed E-state index contributed by atoms with van der Waals surface area (Å²) in [6, 6.07) is 9.80. The second-order valence-electron chi connectivity index (χ2n) is 7.97. The molecule has 1 N–H and O–H groups in total. The third-order valence-corrected chi connectivity index (χ3v) is 6.14. The number of benzene rings is 2. The Bertz CT molecular complexity index is 1000. The highest BCUT2D eigenvalue weighted by Gasteiger charge is 2.23. The largest absolute Gasteiger partial charge is 0.378 e. The fourth-order valence-corrected chi connectivity index (χ4v) is 4.29. The van der Waals surface area contributed by atoms with E-state index in [9.17, 15) is 14.9 Å². The van der Waals surface area contributed by atoms with Crippen LogP contribution in [0.25, 0.3) is 0 Å². The summed E-state index contributed by atoms with van der Waals surface area (Å²) < 4.78 is 5.39. The number of non-ortho nitro benzene ring substituents is 1. The summed E-state index contributed by atoms with van der Waals surface area (Å²) in [5, 5.41) is 14.7. The minimum Gasteiger partial charge on any atom is -0.378 e. The molecule has 1 amide bonds. The molecule has 2 aliphatic heterocycles. The molecule has 2 aromatic carbocycles. The van der Waals surface area contributed by atoms with Gasteiger partial charge in [0, 0.05) is 57.1 Å². The lowest BCUT2D eigenvalue weighted by Crippen LogP contribution is -2.44. The Morgan fingerprint density at radius 3 is 2.31 bits per heavy atom. The summed E-state index contributed by atoms with van der Waals surface area (Å²) in [6.45, 7) is 6.02. The van der Waals surface area contributed by atoms with E-state index in [1.54, 1.807) is 12.1 Å². The molecule has 170 valence electrons. The van der Waals surface area contributed by atoms with E-state index in [0.29, 0.717) is 42.7 Å². The van der Waals surface area contributed by atoms with Gasteiger partial charge in [0.25, 0.3) is 11.6 Å². The van der Waals surface area contributed by atoms with Gasteiger partial charge in [-0.2, -0.15) is 0 Å². The quantitative estimate of drug-likeness (QED) is 0.542. The maximum Gasteiger partial charge on any atom is 0.270 e. The highest BCUT2D eigenvalue weighted by atomic mass is 35.5. The van der Waals surface area contributed by atoms with Crippen LogP contribution in [0.3, 0.4) is 0 Å². The summed E-state index contributed by atoms with van der Waals surface area (Å²) in [6.07, 6.45) is 0. The lowest BCUT2D eigenvalue weighted by Gasteiger charge is -2.34. The Kier molecular flexibility index (Phi) is 6.78. The summed E-state index contributed by atoms with van der Waals surface area (Å²) >= 11 is 6.53. The van der Waals surface area contributed by atoms with Gasteiger partial charge in [-0.3, -0.25) is 14.9 Å². The number of halogens is 1. The molecule has 0 unspecified atom stereocenters. The van der Waals surface area contributed by atoms with Crippen molar-refractivity contribution in [2.45, 2.75) is 0 Å². The van der Waals surface area contributed by atoms with Gasteiger partial charge in [0.05, 0.1) is 40.1 Å². The zero-order valence-electron chi connectivity index (χ0n) is 17.9. The minimum atomic E-state index is -0.498. The van der Waals surface area contributed by atoms with Gasteiger partial charge in [0.2, 0.25) is 0 Å². The molecule has 32 heavy (non-hydrogen) atoms. The number of nitrogens with zero attached hydrogens (tertiary/aromatic N) is 4. The maximum atomic E-state index is 13.1. The number of likely N-dealkylation sites (N-methyl/N-ethyl adjacent to an activating group) is 1. The van der Waals surface area contributed by atoms with Crippen molar-refractivity contribution >= 4 is 40.3 Å². The van der Waals surface area contributed by atoms with E-state index < -0.39 is 10.8 Å². The van der Waals surface area contributed by atoms with Crippen molar-refractivity contribution in [1.29, 1.82) is 0 Å². The van der Waals surface area contributed by atoms with E-state index in [-0.39, 0.29) is 11.3 Å². The van der Waals surface area contributed by atoms with Crippen LogP contribution in [0.15, 0.2) is 36.4 Å². The molecule has 2 fully saturated rings. The van der Waals surface area contributed by atoms with Crippen LogP contribution in [0.4, 0.5) is 22.7 Å². The first-order chi connectivity index (χ1) is 15.4. The van der Waals surface area contributed by atoms with Gasteiger partial charge in [0.15, 0.2) is 0 Å². The molecule has 0 saturated carbocycles. The maximum absolute atomic E-state index is 13.1. The SMILES string of the molecule is CN1CCN(c2ccc(NC(=O)c3cc([N+](=O)[O-])ccc3N3CCOCC3)cc2Cl)CC1. The van der Waals surface area contributed by atoms with Gasteiger partial charge in [-0.15, -0.1) is 0 Å². The van der Waals surface area contributed by atoms with E-state index in [0.717, 1.165) is 31.9 Å². The average molecular weight is 460 g/mol. The number of anilines is 3. The van der Waals surface area contributed by atoms with Crippen LogP contribution in [-0.2, 0) is 4.74 Å². The Balaban J connectivity index is 1.56. The number of carbonyl (C=O) groups excluding carboxylic acids is 1. The number of hydrogen-bond acceptors (Lipinski definition) is 7. The number of rotatable bonds is 5. The number of nitro groups is 1. The first-order valence-electron chi connectivity index (χ1n) is 10.6. The standard InChI is InChI=1S/C22H26ClN5O4/c1-25-6-8-26(9-7-25)21-4-2-16(14-19(21)23)24-22(29)18-15-17(28(30)31)3-5-20(18)27-10-12-32-13-11-27/h2-5,14-15H,6-13H2,1H3,(H,24,29). The van der Waals surface area contributed by atoms with Crippen LogP contribution in [0.5, 0.6) is 0 Å². The number of amides is 1. The normalized spacial score (nSPS) is 17.3. The van der Waals surface area contributed by atoms with Crippen LogP contribution < -0.4 is 15.1 Å². The predicted molar refractivity (Wildman–Crippen MR) is 125 cm³/mol. The van der Waals surface area contributed by atoms with Crippen molar-refractivity contribution in [3.63, 3.8) is 0 Å². The van der Waals surface area contributed by atoms with Crippen molar-refractivity contribution in [2.24, 2.45) is 0 Å². The Morgan fingerprint density at radius 2 is 1.66 bits per heavy atom. The van der Waals surface area contributed by atoms with Gasteiger partial charge in [-0.05, 0) is 31.3 Å². The molecule has 9 nitrogen and oxygen atoms in total.